The van der Waals surface area contributed by atoms with Crippen molar-refractivity contribution in [3.8, 4) is 5.75 Å². The maximum absolute atomic E-state index is 10.1. The number of aliphatic imine (C=N–C) groups is 1. The molecule has 0 bridgehead atoms. The third-order valence-corrected chi connectivity index (χ3v) is 4.21. The SMILES string of the molecule is O/N=C(\c1ccccc1)c1ccccc1N=Cc1cc(Cl)cc(Cl)c1O. The molecule has 0 radical (unpaired) electrons. The normalized spacial score (nSPS) is 11.8. The molecule has 0 aliphatic heterocycles. The largest absolute Gasteiger partial charge is 0.506 e. The molecule has 3 aromatic rings. The van der Waals surface area contributed by atoms with E-state index >= 15 is 0 Å². The highest BCUT2D eigenvalue weighted by Crippen LogP contribution is 2.31. The number of phenolic OH excluding ortho intramolecular Hbond substituents is 1. The first-order valence-electron chi connectivity index (χ1n) is 7.69. The van der Waals surface area contributed by atoms with Gasteiger partial charge >= 0.3 is 0 Å². The summed E-state index contributed by atoms with van der Waals surface area (Å²) in [7, 11) is 0. The average molecular weight is 385 g/mol. The lowest BCUT2D eigenvalue weighted by atomic mass is 10.0. The van der Waals surface area contributed by atoms with E-state index in [-0.39, 0.29) is 10.8 Å². The second-order valence-corrected chi connectivity index (χ2v) is 6.26. The predicted octanol–water partition coefficient (Wildman–Crippen LogP) is 5.68. The van der Waals surface area contributed by atoms with Crippen LogP contribution in [0.4, 0.5) is 5.69 Å². The Morgan fingerprint density at radius 2 is 1.62 bits per heavy atom. The first-order chi connectivity index (χ1) is 12.6. The molecule has 0 atom stereocenters. The van der Waals surface area contributed by atoms with Gasteiger partial charge < -0.3 is 10.3 Å². The zero-order valence-corrected chi connectivity index (χ0v) is 15.0. The third kappa shape index (κ3) is 3.87. The van der Waals surface area contributed by atoms with Gasteiger partial charge in [-0.25, -0.2) is 0 Å². The quantitative estimate of drug-likeness (QED) is 0.345. The molecule has 6 heteroatoms. The maximum atomic E-state index is 10.1. The van der Waals surface area contributed by atoms with Gasteiger partial charge in [-0.05, 0) is 18.2 Å². The molecular weight excluding hydrogens is 371 g/mol. The van der Waals surface area contributed by atoms with Crippen LogP contribution in [-0.4, -0.2) is 22.2 Å². The minimum Gasteiger partial charge on any atom is -0.506 e. The zero-order valence-electron chi connectivity index (χ0n) is 13.5. The van der Waals surface area contributed by atoms with Crippen LogP contribution in [0.25, 0.3) is 0 Å². The van der Waals surface area contributed by atoms with Crippen molar-refractivity contribution >= 4 is 40.8 Å². The first-order valence-corrected chi connectivity index (χ1v) is 8.44. The molecule has 0 saturated carbocycles. The number of rotatable bonds is 4. The van der Waals surface area contributed by atoms with Gasteiger partial charge in [-0.15, -0.1) is 0 Å². The van der Waals surface area contributed by atoms with Crippen LogP contribution in [-0.2, 0) is 0 Å². The van der Waals surface area contributed by atoms with E-state index in [2.05, 4.69) is 10.1 Å². The van der Waals surface area contributed by atoms with Gasteiger partial charge in [-0.3, -0.25) is 4.99 Å². The van der Waals surface area contributed by atoms with Crippen molar-refractivity contribution in [3.63, 3.8) is 0 Å². The van der Waals surface area contributed by atoms with Crippen LogP contribution in [0.5, 0.6) is 5.75 Å². The van der Waals surface area contributed by atoms with Gasteiger partial charge in [0, 0.05) is 27.9 Å². The number of aromatic hydroxyl groups is 1. The van der Waals surface area contributed by atoms with Crippen LogP contribution < -0.4 is 0 Å². The van der Waals surface area contributed by atoms with E-state index in [1.54, 1.807) is 18.2 Å². The molecule has 2 N–H and O–H groups in total. The van der Waals surface area contributed by atoms with Gasteiger partial charge in [-0.1, -0.05) is 76.9 Å². The summed E-state index contributed by atoms with van der Waals surface area (Å²) in [6.45, 7) is 0. The summed E-state index contributed by atoms with van der Waals surface area (Å²) in [5, 5.41) is 23.6. The summed E-state index contributed by atoms with van der Waals surface area (Å²) in [6, 6.07) is 19.5. The van der Waals surface area contributed by atoms with Gasteiger partial charge in [0.25, 0.3) is 0 Å². The Hall–Kier alpha value is -2.82. The van der Waals surface area contributed by atoms with Gasteiger partial charge in [-0.2, -0.15) is 0 Å². The van der Waals surface area contributed by atoms with Crippen molar-refractivity contribution in [1.82, 2.24) is 0 Å². The van der Waals surface area contributed by atoms with Crippen molar-refractivity contribution in [1.29, 1.82) is 0 Å². The fourth-order valence-corrected chi connectivity index (χ4v) is 2.98. The number of halogens is 2. The smallest absolute Gasteiger partial charge is 0.143 e. The molecule has 0 spiro atoms. The monoisotopic (exact) mass is 384 g/mol. The molecule has 0 aromatic heterocycles. The number of hydrogen-bond acceptors (Lipinski definition) is 4. The molecule has 0 unspecified atom stereocenters. The molecule has 130 valence electrons. The lowest BCUT2D eigenvalue weighted by Gasteiger charge is -2.08. The van der Waals surface area contributed by atoms with Crippen molar-refractivity contribution in [2.24, 2.45) is 10.1 Å². The van der Waals surface area contributed by atoms with Gasteiger partial charge in [0.15, 0.2) is 0 Å². The summed E-state index contributed by atoms with van der Waals surface area (Å²) in [6.07, 6.45) is 1.46. The van der Waals surface area contributed by atoms with Gasteiger partial charge in [0.1, 0.15) is 11.5 Å². The van der Waals surface area contributed by atoms with Crippen molar-refractivity contribution in [2.75, 3.05) is 0 Å². The standard InChI is InChI=1S/C20H14Cl2N2O2/c21-15-10-14(20(25)17(22)11-15)12-23-18-9-5-4-8-16(18)19(24-26)13-6-2-1-3-7-13/h1-12,25-26H/b23-12?,24-19+. The van der Waals surface area contributed by atoms with E-state index in [1.807, 2.05) is 42.5 Å². The molecule has 0 aliphatic carbocycles. The number of nitrogens with zero attached hydrogens (tertiary/aromatic N) is 2. The Labute approximate surface area is 160 Å². The highest BCUT2D eigenvalue weighted by atomic mass is 35.5. The maximum Gasteiger partial charge on any atom is 0.143 e. The Morgan fingerprint density at radius 3 is 2.35 bits per heavy atom. The summed E-state index contributed by atoms with van der Waals surface area (Å²) in [4.78, 5) is 4.42. The van der Waals surface area contributed by atoms with Crippen LogP contribution >= 0.6 is 23.2 Å². The minimum absolute atomic E-state index is 0.101. The van der Waals surface area contributed by atoms with E-state index in [9.17, 15) is 10.3 Å². The number of benzene rings is 3. The highest BCUT2D eigenvalue weighted by Gasteiger charge is 2.12. The Bertz CT molecular complexity index is 986. The molecule has 0 amide bonds. The second kappa shape index (κ2) is 8.04. The van der Waals surface area contributed by atoms with E-state index < -0.39 is 0 Å². The molecule has 26 heavy (non-hydrogen) atoms. The minimum atomic E-state index is -0.101. The van der Waals surface area contributed by atoms with E-state index in [4.69, 9.17) is 23.2 Å². The van der Waals surface area contributed by atoms with Crippen LogP contribution in [0.2, 0.25) is 10.0 Å². The Morgan fingerprint density at radius 1 is 0.923 bits per heavy atom. The van der Waals surface area contributed by atoms with Crippen LogP contribution in [0.15, 0.2) is 76.9 Å². The fourth-order valence-electron chi connectivity index (χ4n) is 2.47. The summed E-state index contributed by atoms with van der Waals surface area (Å²) >= 11 is 11.9. The Kier molecular flexibility index (Phi) is 5.56. The lowest BCUT2D eigenvalue weighted by Crippen LogP contribution is -2.03. The zero-order chi connectivity index (χ0) is 18.5. The fraction of sp³-hybridized carbons (Fsp3) is 0. The molecular formula is C20H14Cl2N2O2. The number of oxime groups is 1. The molecule has 0 saturated heterocycles. The molecule has 3 rings (SSSR count). The van der Waals surface area contributed by atoms with E-state index in [0.717, 1.165) is 5.56 Å². The summed E-state index contributed by atoms with van der Waals surface area (Å²) < 4.78 is 0. The van der Waals surface area contributed by atoms with Gasteiger partial charge in [0.05, 0.1) is 10.7 Å². The van der Waals surface area contributed by atoms with E-state index in [0.29, 0.717) is 27.5 Å². The second-order valence-electron chi connectivity index (χ2n) is 5.42. The van der Waals surface area contributed by atoms with Crippen molar-refractivity contribution in [3.05, 3.63) is 93.5 Å². The summed E-state index contributed by atoms with van der Waals surface area (Å²) in [5.41, 5.74) is 2.75. The lowest BCUT2D eigenvalue weighted by molar-refractivity contribution is 0.319. The predicted molar refractivity (Wildman–Crippen MR) is 106 cm³/mol. The Balaban J connectivity index is 2.03. The molecule has 4 nitrogen and oxygen atoms in total. The van der Waals surface area contributed by atoms with Crippen LogP contribution in [0, 0.1) is 0 Å². The average Bonchev–Trinajstić information content (AvgIpc) is 2.66. The molecule has 0 aliphatic rings. The number of para-hydroxylation sites is 1. The van der Waals surface area contributed by atoms with Crippen LogP contribution in [0.1, 0.15) is 16.7 Å². The topological polar surface area (TPSA) is 65.2 Å². The van der Waals surface area contributed by atoms with Crippen molar-refractivity contribution < 1.29 is 10.3 Å². The molecule has 0 heterocycles. The van der Waals surface area contributed by atoms with E-state index in [1.165, 1.54) is 12.3 Å². The summed E-state index contributed by atoms with van der Waals surface area (Å²) in [5.74, 6) is -0.101. The molecule has 0 fully saturated rings. The van der Waals surface area contributed by atoms with Crippen molar-refractivity contribution in [2.45, 2.75) is 0 Å². The number of phenols is 1. The first kappa shape index (κ1) is 18.0. The van der Waals surface area contributed by atoms with Gasteiger partial charge in [0.2, 0.25) is 0 Å². The third-order valence-electron chi connectivity index (χ3n) is 3.71. The van der Waals surface area contributed by atoms with Crippen LogP contribution in [0.3, 0.4) is 0 Å². The number of hydrogen-bond donors (Lipinski definition) is 2. The molecule has 3 aromatic carbocycles. The highest BCUT2D eigenvalue weighted by molar-refractivity contribution is 6.36.